The van der Waals surface area contributed by atoms with Crippen LogP contribution in [0.4, 0.5) is 4.39 Å². The molecule has 0 bridgehead atoms. The molecule has 0 aromatic heterocycles. The van der Waals surface area contributed by atoms with Gasteiger partial charge in [-0.25, -0.2) is 4.39 Å². The van der Waals surface area contributed by atoms with Gasteiger partial charge in [-0.2, -0.15) is 0 Å². The third-order valence-electron chi connectivity index (χ3n) is 3.26. The van der Waals surface area contributed by atoms with Crippen LogP contribution in [0.5, 0.6) is 5.75 Å². The molecule has 0 amide bonds. The molecule has 2 atom stereocenters. The molecule has 3 heteroatoms. The second kappa shape index (κ2) is 4.83. The van der Waals surface area contributed by atoms with Gasteiger partial charge in [-0.05, 0) is 18.4 Å². The van der Waals surface area contributed by atoms with Gasteiger partial charge in [0.25, 0.3) is 0 Å². The van der Waals surface area contributed by atoms with Crippen molar-refractivity contribution < 1.29 is 9.13 Å². The first-order valence-electron chi connectivity index (χ1n) is 5.80. The highest BCUT2D eigenvalue weighted by Gasteiger charge is 2.34. The summed E-state index contributed by atoms with van der Waals surface area (Å²) >= 11 is 0. The van der Waals surface area contributed by atoms with Crippen molar-refractivity contribution in [1.82, 2.24) is 5.32 Å². The SMILES string of the molecule is CCC1CC1NCc1ccc(OC)cc1F. The summed E-state index contributed by atoms with van der Waals surface area (Å²) in [7, 11) is 1.54. The smallest absolute Gasteiger partial charge is 0.131 e. The molecule has 0 aliphatic heterocycles. The summed E-state index contributed by atoms with van der Waals surface area (Å²) in [5, 5.41) is 3.37. The molecule has 1 aliphatic carbocycles. The van der Waals surface area contributed by atoms with Crippen LogP contribution >= 0.6 is 0 Å². The van der Waals surface area contributed by atoms with Gasteiger partial charge < -0.3 is 10.1 Å². The Morgan fingerprint density at radius 1 is 1.50 bits per heavy atom. The standard InChI is InChI=1S/C13H18FNO/c1-3-9-6-13(9)15-8-10-4-5-11(16-2)7-12(10)14/h4-5,7,9,13,15H,3,6,8H2,1-2H3. The second-order valence-electron chi connectivity index (χ2n) is 4.35. The lowest BCUT2D eigenvalue weighted by atomic mass is 10.2. The average molecular weight is 223 g/mol. The van der Waals surface area contributed by atoms with Gasteiger partial charge in [-0.1, -0.05) is 19.4 Å². The Labute approximate surface area is 95.8 Å². The maximum atomic E-state index is 13.6. The Balaban J connectivity index is 1.89. The molecule has 0 spiro atoms. The van der Waals surface area contributed by atoms with Crippen LogP contribution < -0.4 is 10.1 Å². The van der Waals surface area contributed by atoms with Crippen LogP contribution in [0.1, 0.15) is 25.3 Å². The van der Waals surface area contributed by atoms with E-state index in [2.05, 4.69) is 12.2 Å². The van der Waals surface area contributed by atoms with Gasteiger partial charge in [0.15, 0.2) is 0 Å². The summed E-state index contributed by atoms with van der Waals surface area (Å²) in [5.41, 5.74) is 0.711. The van der Waals surface area contributed by atoms with Crippen molar-refractivity contribution in [2.45, 2.75) is 32.4 Å². The maximum absolute atomic E-state index is 13.6. The summed E-state index contributed by atoms with van der Waals surface area (Å²) < 4.78 is 18.5. The maximum Gasteiger partial charge on any atom is 0.131 e. The summed E-state index contributed by atoms with van der Waals surface area (Å²) in [6.07, 6.45) is 2.44. The van der Waals surface area contributed by atoms with E-state index in [1.807, 2.05) is 0 Å². The Morgan fingerprint density at radius 2 is 2.31 bits per heavy atom. The van der Waals surface area contributed by atoms with Crippen LogP contribution in [0.25, 0.3) is 0 Å². The minimum absolute atomic E-state index is 0.194. The van der Waals surface area contributed by atoms with Gasteiger partial charge >= 0.3 is 0 Å². The molecule has 1 fully saturated rings. The Bertz CT molecular complexity index is 367. The van der Waals surface area contributed by atoms with E-state index >= 15 is 0 Å². The van der Waals surface area contributed by atoms with Crippen LogP contribution in [0.15, 0.2) is 18.2 Å². The molecular weight excluding hydrogens is 205 g/mol. The molecule has 0 saturated heterocycles. The molecule has 2 nitrogen and oxygen atoms in total. The van der Waals surface area contributed by atoms with Crippen molar-refractivity contribution in [2.24, 2.45) is 5.92 Å². The van der Waals surface area contributed by atoms with Crippen molar-refractivity contribution in [1.29, 1.82) is 0 Å². The topological polar surface area (TPSA) is 21.3 Å². The van der Waals surface area contributed by atoms with Crippen LogP contribution in [0.2, 0.25) is 0 Å². The lowest BCUT2D eigenvalue weighted by molar-refractivity contribution is 0.410. The fourth-order valence-electron chi connectivity index (χ4n) is 1.99. The largest absolute Gasteiger partial charge is 0.497 e. The minimum Gasteiger partial charge on any atom is -0.497 e. The lowest BCUT2D eigenvalue weighted by Crippen LogP contribution is -2.18. The first-order chi connectivity index (χ1) is 7.74. The molecule has 0 heterocycles. The van der Waals surface area contributed by atoms with Gasteiger partial charge in [0.05, 0.1) is 7.11 Å². The van der Waals surface area contributed by atoms with Gasteiger partial charge in [0, 0.05) is 24.2 Å². The van der Waals surface area contributed by atoms with Crippen LogP contribution in [0.3, 0.4) is 0 Å². The van der Waals surface area contributed by atoms with E-state index in [9.17, 15) is 4.39 Å². The molecule has 2 unspecified atom stereocenters. The summed E-state index contributed by atoms with van der Waals surface area (Å²) in [6.45, 7) is 2.80. The van der Waals surface area contributed by atoms with Gasteiger partial charge in [-0.3, -0.25) is 0 Å². The van der Waals surface area contributed by atoms with Crippen molar-refractivity contribution in [3.63, 3.8) is 0 Å². The van der Waals surface area contributed by atoms with Crippen molar-refractivity contribution >= 4 is 0 Å². The Hall–Kier alpha value is -1.09. The van der Waals surface area contributed by atoms with E-state index in [1.54, 1.807) is 19.2 Å². The van der Waals surface area contributed by atoms with Crippen LogP contribution in [0, 0.1) is 11.7 Å². The molecule has 2 rings (SSSR count). The van der Waals surface area contributed by atoms with Crippen LogP contribution in [-0.4, -0.2) is 13.2 Å². The summed E-state index contributed by atoms with van der Waals surface area (Å²) in [5.74, 6) is 1.17. The number of rotatable bonds is 5. The average Bonchev–Trinajstić information content (AvgIpc) is 3.06. The Kier molecular flexibility index (Phi) is 3.44. The molecule has 1 aliphatic rings. The second-order valence-corrected chi connectivity index (χ2v) is 4.35. The quantitative estimate of drug-likeness (QED) is 0.828. The van der Waals surface area contributed by atoms with Gasteiger partial charge in [0.2, 0.25) is 0 Å². The van der Waals surface area contributed by atoms with E-state index in [4.69, 9.17) is 4.74 Å². The van der Waals surface area contributed by atoms with Crippen molar-refractivity contribution in [3.8, 4) is 5.75 Å². The zero-order chi connectivity index (χ0) is 11.5. The number of ether oxygens (including phenoxy) is 1. The highest BCUT2D eigenvalue weighted by atomic mass is 19.1. The van der Waals surface area contributed by atoms with Crippen molar-refractivity contribution in [2.75, 3.05) is 7.11 Å². The molecule has 1 aromatic rings. The fraction of sp³-hybridized carbons (Fsp3) is 0.538. The minimum atomic E-state index is -0.194. The predicted molar refractivity (Wildman–Crippen MR) is 62.0 cm³/mol. The van der Waals surface area contributed by atoms with E-state index < -0.39 is 0 Å². The fourth-order valence-corrected chi connectivity index (χ4v) is 1.99. The number of hydrogen-bond acceptors (Lipinski definition) is 2. The highest BCUT2D eigenvalue weighted by molar-refractivity contribution is 5.28. The third-order valence-corrected chi connectivity index (χ3v) is 3.26. The number of hydrogen-bond donors (Lipinski definition) is 1. The zero-order valence-electron chi connectivity index (χ0n) is 9.79. The van der Waals surface area contributed by atoms with E-state index in [1.165, 1.54) is 18.9 Å². The highest BCUT2D eigenvalue weighted by Crippen LogP contribution is 2.33. The van der Waals surface area contributed by atoms with E-state index in [0.29, 0.717) is 23.9 Å². The van der Waals surface area contributed by atoms with Gasteiger partial charge in [-0.15, -0.1) is 0 Å². The first-order valence-corrected chi connectivity index (χ1v) is 5.80. The number of nitrogens with one attached hydrogen (secondary N) is 1. The summed E-state index contributed by atoms with van der Waals surface area (Å²) in [6, 6.07) is 5.60. The zero-order valence-corrected chi connectivity index (χ0v) is 9.79. The molecule has 1 aromatic carbocycles. The monoisotopic (exact) mass is 223 g/mol. The van der Waals surface area contributed by atoms with Crippen LogP contribution in [-0.2, 0) is 6.54 Å². The molecule has 16 heavy (non-hydrogen) atoms. The summed E-state index contributed by atoms with van der Waals surface area (Å²) in [4.78, 5) is 0. The van der Waals surface area contributed by atoms with Gasteiger partial charge in [0.1, 0.15) is 11.6 Å². The van der Waals surface area contributed by atoms with E-state index in [0.717, 1.165) is 5.92 Å². The number of benzene rings is 1. The lowest BCUT2D eigenvalue weighted by Gasteiger charge is -2.07. The predicted octanol–water partition coefficient (Wildman–Crippen LogP) is 2.72. The number of halogens is 1. The molecule has 0 radical (unpaired) electrons. The van der Waals surface area contributed by atoms with Crippen molar-refractivity contribution in [3.05, 3.63) is 29.6 Å². The third kappa shape index (κ3) is 2.53. The normalized spacial score (nSPS) is 23.2. The molecule has 88 valence electrons. The Morgan fingerprint density at radius 3 is 2.88 bits per heavy atom. The molecular formula is C13H18FNO. The molecule has 1 saturated carbocycles. The van der Waals surface area contributed by atoms with E-state index in [-0.39, 0.29) is 5.82 Å². The number of methoxy groups -OCH3 is 1. The first kappa shape index (κ1) is 11.4. The molecule has 1 N–H and O–H groups in total.